The Morgan fingerprint density at radius 3 is 2.66 bits per heavy atom. The molecule has 0 bridgehead atoms. The Morgan fingerprint density at radius 2 is 1.91 bits per heavy atom. The molecule has 1 aromatic carbocycles. The van der Waals surface area contributed by atoms with Gasteiger partial charge in [0, 0.05) is 18.7 Å². The number of fused-ring (bicyclic) bond motifs is 3. The van der Waals surface area contributed by atoms with Gasteiger partial charge in [-0.1, -0.05) is 37.7 Å². The van der Waals surface area contributed by atoms with Gasteiger partial charge < -0.3 is 5.32 Å². The molecule has 1 N–H and O–H groups in total. The van der Waals surface area contributed by atoms with Crippen molar-refractivity contribution in [2.75, 3.05) is 11.1 Å². The number of benzene rings is 1. The van der Waals surface area contributed by atoms with Crippen LogP contribution in [0.5, 0.6) is 0 Å². The highest BCUT2D eigenvalue weighted by atomic mass is 32.2. The highest BCUT2D eigenvalue weighted by Crippen LogP contribution is 2.22. The van der Waals surface area contributed by atoms with E-state index >= 15 is 0 Å². The zero-order valence-corrected chi connectivity index (χ0v) is 19.5. The van der Waals surface area contributed by atoms with Gasteiger partial charge in [-0.05, 0) is 38.3 Å². The van der Waals surface area contributed by atoms with Gasteiger partial charge in [-0.15, -0.1) is 10.2 Å². The molecule has 4 rings (SSSR count). The number of anilines is 1. The van der Waals surface area contributed by atoms with Crippen LogP contribution in [0.2, 0.25) is 0 Å². The number of rotatable bonds is 8. The Balaban J connectivity index is 1.64. The molecule has 0 aliphatic rings. The van der Waals surface area contributed by atoms with Crippen LogP contribution >= 0.6 is 11.8 Å². The maximum Gasteiger partial charge on any atom is 0.262 e. The standard InChI is InChI=1S/C22H27N7O2S/c1-14(2)10-12-27-20(31)16-7-5-6-8-17(16)28-21(27)25-26-22(28)32-13-19(30)24-18-9-11-23-29(18)15(3)4/h5-9,11,14-15H,10,12-13H2,1-4H3,(H,24,30). The number of nitrogens with one attached hydrogen (secondary N) is 1. The first-order chi connectivity index (χ1) is 15.4. The number of aryl methyl sites for hydroxylation is 1. The SMILES string of the molecule is CC(C)CCn1c(=O)c2ccccc2n2c(SCC(=O)Nc3ccnn3C(C)C)nnc12. The third-order valence-electron chi connectivity index (χ3n) is 5.17. The van der Waals surface area contributed by atoms with Crippen LogP contribution in [0.3, 0.4) is 0 Å². The molecular formula is C22H27N7O2S. The van der Waals surface area contributed by atoms with Gasteiger partial charge in [0.05, 0.1) is 22.9 Å². The molecule has 0 atom stereocenters. The Hall–Kier alpha value is -3.14. The third-order valence-corrected chi connectivity index (χ3v) is 6.10. The number of thioether (sulfide) groups is 1. The second-order valence-corrected chi connectivity index (χ2v) is 9.31. The Labute approximate surface area is 189 Å². The lowest BCUT2D eigenvalue weighted by atomic mass is 10.1. The van der Waals surface area contributed by atoms with E-state index in [1.165, 1.54) is 11.8 Å². The van der Waals surface area contributed by atoms with Gasteiger partial charge in [0.1, 0.15) is 5.82 Å². The van der Waals surface area contributed by atoms with Gasteiger partial charge in [0.15, 0.2) is 5.16 Å². The Kier molecular flexibility index (Phi) is 6.31. The van der Waals surface area contributed by atoms with E-state index in [4.69, 9.17) is 0 Å². The first kappa shape index (κ1) is 22.1. The minimum Gasteiger partial charge on any atom is -0.310 e. The fraction of sp³-hybridized carbons (Fsp3) is 0.409. The number of hydrogen-bond acceptors (Lipinski definition) is 6. The minimum absolute atomic E-state index is 0.0719. The van der Waals surface area contributed by atoms with Crippen molar-refractivity contribution in [1.82, 2.24) is 28.9 Å². The molecule has 0 unspecified atom stereocenters. The summed E-state index contributed by atoms with van der Waals surface area (Å²) in [4.78, 5) is 25.7. The van der Waals surface area contributed by atoms with Crippen molar-refractivity contribution in [2.24, 2.45) is 5.92 Å². The number of carbonyl (C=O) groups is 1. The number of aromatic nitrogens is 6. The summed E-state index contributed by atoms with van der Waals surface area (Å²) in [5, 5.41) is 16.9. The van der Waals surface area contributed by atoms with E-state index in [0.29, 0.717) is 34.6 Å². The number of amides is 1. The minimum atomic E-state index is -0.161. The van der Waals surface area contributed by atoms with Crippen LogP contribution in [0.4, 0.5) is 5.82 Å². The van der Waals surface area contributed by atoms with Gasteiger partial charge in [-0.25, -0.2) is 4.68 Å². The molecule has 0 aliphatic heterocycles. The van der Waals surface area contributed by atoms with Gasteiger partial charge in [-0.2, -0.15) is 5.10 Å². The predicted octanol–water partition coefficient (Wildman–Crippen LogP) is 3.60. The molecule has 0 spiro atoms. The molecule has 32 heavy (non-hydrogen) atoms. The molecule has 0 aliphatic carbocycles. The molecule has 0 radical (unpaired) electrons. The van der Waals surface area contributed by atoms with Crippen molar-refractivity contribution in [2.45, 2.75) is 51.9 Å². The molecule has 0 fully saturated rings. The highest BCUT2D eigenvalue weighted by Gasteiger charge is 2.18. The fourth-order valence-corrected chi connectivity index (χ4v) is 4.29. The number of hydrogen-bond donors (Lipinski definition) is 1. The zero-order valence-electron chi connectivity index (χ0n) is 18.6. The summed E-state index contributed by atoms with van der Waals surface area (Å²) in [7, 11) is 0. The van der Waals surface area contributed by atoms with Gasteiger partial charge >= 0.3 is 0 Å². The molecule has 168 valence electrons. The summed E-state index contributed by atoms with van der Waals surface area (Å²) < 4.78 is 5.31. The first-order valence-corrected chi connectivity index (χ1v) is 11.7. The molecule has 3 aromatic heterocycles. The molecule has 3 heterocycles. The Morgan fingerprint density at radius 1 is 1.12 bits per heavy atom. The van der Waals surface area contributed by atoms with E-state index in [1.807, 2.05) is 42.5 Å². The van der Waals surface area contributed by atoms with Crippen LogP contribution in [0.25, 0.3) is 16.7 Å². The van der Waals surface area contributed by atoms with Crippen molar-refractivity contribution in [3.63, 3.8) is 0 Å². The summed E-state index contributed by atoms with van der Waals surface area (Å²) in [6, 6.07) is 9.35. The lowest BCUT2D eigenvalue weighted by Gasteiger charge is -2.13. The van der Waals surface area contributed by atoms with Crippen molar-refractivity contribution < 1.29 is 4.79 Å². The quantitative estimate of drug-likeness (QED) is 0.409. The summed E-state index contributed by atoms with van der Waals surface area (Å²) >= 11 is 1.29. The first-order valence-electron chi connectivity index (χ1n) is 10.7. The molecule has 10 heteroatoms. The van der Waals surface area contributed by atoms with Crippen LogP contribution < -0.4 is 10.9 Å². The number of carbonyl (C=O) groups excluding carboxylic acids is 1. The molecule has 4 aromatic rings. The molecule has 0 saturated carbocycles. The van der Waals surface area contributed by atoms with Crippen LogP contribution in [-0.2, 0) is 11.3 Å². The van der Waals surface area contributed by atoms with E-state index < -0.39 is 0 Å². The molecular weight excluding hydrogens is 426 g/mol. The summed E-state index contributed by atoms with van der Waals surface area (Å²) in [5.74, 6) is 1.60. The van der Waals surface area contributed by atoms with Crippen molar-refractivity contribution in [1.29, 1.82) is 0 Å². The normalized spacial score (nSPS) is 11.8. The maximum absolute atomic E-state index is 13.1. The topological polar surface area (TPSA) is 99.1 Å². The highest BCUT2D eigenvalue weighted by molar-refractivity contribution is 7.99. The van der Waals surface area contributed by atoms with Crippen LogP contribution in [0.1, 0.15) is 40.2 Å². The summed E-state index contributed by atoms with van der Waals surface area (Å²) in [6.07, 6.45) is 2.52. The van der Waals surface area contributed by atoms with Crippen molar-refractivity contribution in [3.05, 3.63) is 46.9 Å². The van der Waals surface area contributed by atoms with Crippen LogP contribution in [0.15, 0.2) is 46.5 Å². The molecule has 0 saturated heterocycles. The monoisotopic (exact) mass is 453 g/mol. The largest absolute Gasteiger partial charge is 0.310 e. The molecule has 1 amide bonds. The van der Waals surface area contributed by atoms with Crippen molar-refractivity contribution in [3.8, 4) is 0 Å². The maximum atomic E-state index is 13.1. The van der Waals surface area contributed by atoms with Crippen LogP contribution in [0, 0.1) is 5.92 Å². The van der Waals surface area contributed by atoms with Gasteiger partial charge in [0.2, 0.25) is 11.7 Å². The average molecular weight is 454 g/mol. The Bertz CT molecular complexity index is 1320. The predicted molar refractivity (Wildman–Crippen MR) is 126 cm³/mol. The van der Waals surface area contributed by atoms with E-state index in [2.05, 4.69) is 34.5 Å². The van der Waals surface area contributed by atoms with E-state index in [0.717, 1.165) is 11.9 Å². The van der Waals surface area contributed by atoms with E-state index in [9.17, 15) is 9.59 Å². The van der Waals surface area contributed by atoms with Crippen LogP contribution in [-0.4, -0.2) is 40.6 Å². The fourth-order valence-electron chi connectivity index (χ4n) is 3.55. The van der Waals surface area contributed by atoms with Gasteiger partial charge in [-0.3, -0.25) is 18.6 Å². The second-order valence-electron chi connectivity index (χ2n) is 8.37. The average Bonchev–Trinajstić information content (AvgIpc) is 3.39. The lowest BCUT2D eigenvalue weighted by molar-refractivity contribution is -0.113. The second kappa shape index (κ2) is 9.15. The third kappa shape index (κ3) is 4.27. The summed E-state index contributed by atoms with van der Waals surface area (Å²) in [6.45, 7) is 8.82. The number of nitrogens with zero attached hydrogens (tertiary/aromatic N) is 6. The smallest absolute Gasteiger partial charge is 0.262 e. The summed E-state index contributed by atoms with van der Waals surface area (Å²) in [5.41, 5.74) is 0.663. The van der Waals surface area contributed by atoms with Gasteiger partial charge in [0.25, 0.3) is 5.56 Å². The van der Waals surface area contributed by atoms with E-state index in [1.54, 1.807) is 21.5 Å². The van der Waals surface area contributed by atoms with Crippen molar-refractivity contribution >= 4 is 40.2 Å². The number of para-hydroxylation sites is 1. The van der Waals surface area contributed by atoms with E-state index in [-0.39, 0.29) is 23.3 Å². The lowest BCUT2D eigenvalue weighted by Crippen LogP contribution is -2.24. The molecule has 9 nitrogen and oxygen atoms in total. The zero-order chi connectivity index (χ0) is 22.8.